The molecular formula is C27H22N4O6S. The lowest BCUT2D eigenvalue weighted by molar-refractivity contribution is 0.0686. The number of aryl methyl sites for hydroxylation is 2. The number of carboxylic acids is 2. The molecule has 0 saturated heterocycles. The van der Waals surface area contributed by atoms with E-state index in [4.69, 9.17) is 0 Å². The molecule has 0 saturated carbocycles. The zero-order valence-electron chi connectivity index (χ0n) is 20.3. The van der Waals surface area contributed by atoms with Crippen molar-refractivity contribution in [3.05, 3.63) is 125 Å². The van der Waals surface area contributed by atoms with Gasteiger partial charge in [-0.15, -0.1) is 11.3 Å². The van der Waals surface area contributed by atoms with Gasteiger partial charge in [-0.3, -0.25) is 19.8 Å². The molecule has 5 rings (SSSR count). The Morgan fingerprint density at radius 3 is 1.63 bits per heavy atom. The molecule has 4 N–H and O–H groups in total. The largest absolute Gasteiger partial charge is 0.478 e. The molecular weight excluding hydrogens is 508 g/mol. The van der Waals surface area contributed by atoms with Gasteiger partial charge >= 0.3 is 11.9 Å². The smallest absolute Gasteiger partial charge is 0.335 e. The van der Waals surface area contributed by atoms with Crippen molar-refractivity contribution >= 4 is 23.3 Å². The van der Waals surface area contributed by atoms with Crippen molar-refractivity contribution in [1.29, 1.82) is 0 Å². The molecule has 38 heavy (non-hydrogen) atoms. The molecule has 0 radical (unpaired) electrons. The lowest BCUT2D eigenvalue weighted by Gasteiger charge is -2.13. The number of aromatic amines is 2. The molecule has 0 amide bonds. The second-order valence-electron chi connectivity index (χ2n) is 8.74. The fourth-order valence-corrected chi connectivity index (χ4v) is 5.45. The standard InChI is InChI=1S/C27H22N4O6S/c1-14-21(24(32)30(28-14)18-8-3-6-16(12-18)26(34)35)23(20-10-5-11-38-20)22-15(2)29-31(25(22)33)19-9-4-7-17(13-19)27(36)37/h3-13,23,28-29H,1-2H3,(H,34,35)(H,36,37). The topological polar surface area (TPSA) is 150 Å². The van der Waals surface area contributed by atoms with Gasteiger partial charge in [0.1, 0.15) is 0 Å². The van der Waals surface area contributed by atoms with E-state index in [1.807, 2.05) is 17.5 Å². The van der Waals surface area contributed by atoms with Crippen LogP contribution in [0.15, 0.2) is 75.6 Å². The second-order valence-corrected chi connectivity index (χ2v) is 9.72. The van der Waals surface area contributed by atoms with Gasteiger partial charge in [-0.1, -0.05) is 18.2 Å². The minimum absolute atomic E-state index is 0.0333. The Labute approximate surface area is 219 Å². The summed E-state index contributed by atoms with van der Waals surface area (Å²) in [6.45, 7) is 3.46. The molecule has 0 aliphatic heterocycles. The van der Waals surface area contributed by atoms with Crippen LogP contribution in [0.5, 0.6) is 0 Å². The van der Waals surface area contributed by atoms with Crippen molar-refractivity contribution in [3.8, 4) is 11.4 Å². The first kappa shape index (κ1) is 24.8. The maximum Gasteiger partial charge on any atom is 0.335 e. The molecule has 3 heterocycles. The minimum Gasteiger partial charge on any atom is -0.478 e. The van der Waals surface area contributed by atoms with Crippen LogP contribution in [0.4, 0.5) is 0 Å². The second kappa shape index (κ2) is 9.52. The Balaban J connectivity index is 1.71. The maximum absolute atomic E-state index is 13.8. The van der Waals surface area contributed by atoms with Gasteiger partial charge < -0.3 is 10.2 Å². The molecule has 0 bridgehead atoms. The van der Waals surface area contributed by atoms with Crippen LogP contribution in [0.3, 0.4) is 0 Å². The molecule has 0 aliphatic carbocycles. The van der Waals surface area contributed by atoms with Crippen molar-refractivity contribution in [1.82, 2.24) is 19.6 Å². The summed E-state index contributed by atoms with van der Waals surface area (Å²) in [7, 11) is 0. The van der Waals surface area contributed by atoms with E-state index in [-0.39, 0.29) is 11.1 Å². The molecule has 0 aliphatic rings. The molecule has 10 nitrogen and oxygen atoms in total. The van der Waals surface area contributed by atoms with Crippen LogP contribution in [0, 0.1) is 13.8 Å². The molecule has 0 atom stereocenters. The van der Waals surface area contributed by atoms with Gasteiger partial charge in [0.25, 0.3) is 11.1 Å². The number of nitrogens with one attached hydrogen (secondary N) is 2. The fraction of sp³-hybridized carbons (Fsp3) is 0.111. The Hall–Kier alpha value is -4.90. The maximum atomic E-state index is 13.8. The lowest BCUT2D eigenvalue weighted by atomic mass is 9.90. The highest BCUT2D eigenvalue weighted by atomic mass is 32.1. The molecule has 3 aromatic heterocycles. The Morgan fingerprint density at radius 2 is 1.24 bits per heavy atom. The molecule has 2 aromatic carbocycles. The van der Waals surface area contributed by atoms with E-state index in [0.717, 1.165) is 4.88 Å². The lowest BCUT2D eigenvalue weighted by Crippen LogP contribution is -2.25. The van der Waals surface area contributed by atoms with Crippen molar-refractivity contribution in [2.75, 3.05) is 0 Å². The van der Waals surface area contributed by atoms with E-state index in [9.17, 15) is 29.4 Å². The number of benzene rings is 2. The van der Waals surface area contributed by atoms with Crippen LogP contribution < -0.4 is 11.1 Å². The summed E-state index contributed by atoms with van der Waals surface area (Å²) < 4.78 is 2.54. The van der Waals surface area contributed by atoms with Gasteiger partial charge in [-0.05, 0) is 61.7 Å². The van der Waals surface area contributed by atoms with Crippen molar-refractivity contribution in [2.24, 2.45) is 0 Å². The Kier molecular flexibility index (Phi) is 6.21. The quantitative estimate of drug-likeness (QED) is 0.251. The molecule has 0 unspecified atom stereocenters. The number of nitrogens with zero attached hydrogens (tertiary/aromatic N) is 2. The zero-order chi connectivity index (χ0) is 27.1. The summed E-state index contributed by atoms with van der Waals surface area (Å²) in [5.74, 6) is -2.96. The number of hydrogen-bond donors (Lipinski definition) is 4. The Bertz CT molecular complexity index is 1690. The summed E-state index contributed by atoms with van der Waals surface area (Å²) >= 11 is 1.40. The fourth-order valence-electron chi connectivity index (χ4n) is 4.60. The highest BCUT2D eigenvalue weighted by molar-refractivity contribution is 7.10. The summed E-state index contributed by atoms with van der Waals surface area (Å²) in [4.78, 5) is 51.3. The van der Waals surface area contributed by atoms with E-state index in [1.54, 1.807) is 38.1 Å². The number of H-pyrrole nitrogens is 2. The van der Waals surface area contributed by atoms with E-state index >= 15 is 0 Å². The third-order valence-electron chi connectivity index (χ3n) is 6.34. The average Bonchev–Trinajstić information content (AvgIpc) is 3.60. The average molecular weight is 531 g/mol. The van der Waals surface area contributed by atoms with E-state index in [1.165, 1.54) is 45.0 Å². The van der Waals surface area contributed by atoms with E-state index in [2.05, 4.69) is 10.2 Å². The molecule has 192 valence electrons. The number of carboxylic acid groups (broad SMARTS) is 2. The number of carbonyl (C=O) groups is 2. The van der Waals surface area contributed by atoms with Crippen LogP contribution in [0.2, 0.25) is 0 Å². The number of hydrogen-bond acceptors (Lipinski definition) is 5. The van der Waals surface area contributed by atoms with Crippen molar-refractivity contribution < 1.29 is 19.8 Å². The normalized spacial score (nSPS) is 11.2. The predicted octanol–water partition coefficient (Wildman–Crippen LogP) is 3.90. The summed E-state index contributed by atoms with van der Waals surface area (Å²) in [6.07, 6.45) is 0. The van der Waals surface area contributed by atoms with E-state index < -0.39 is 29.0 Å². The van der Waals surface area contributed by atoms with Gasteiger partial charge in [0.05, 0.1) is 39.5 Å². The van der Waals surface area contributed by atoms with Gasteiger partial charge in [-0.2, -0.15) is 0 Å². The van der Waals surface area contributed by atoms with Gasteiger partial charge in [0.2, 0.25) is 0 Å². The highest BCUT2D eigenvalue weighted by Gasteiger charge is 2.31. The minimum atomic E-state index is -1.12. The first-order valence-corrected chi connectivity index (χ1v) is 12.4. The third-order valence-corrected chi connectivity index (χ3v) is 7.28. The number of rotatable bonds is 7. The highest BCUT2D eigenvalue weighted by Crippen LogP contribution is 2.34. The van der Waals surface area contributed by atoms with Gasteiger partial charge in [0, 0.05) is 16.3 Å². The first-order valence-electron chi connectivity index (χ1n) is 11.5. The first-order chi connectivity index (χ1) is 18.2. The molecule has 0 fully saturated rings. The van der Waals surface area contributed by atoms with Crippen LogP contribution in [0.25, 0.3) is 11.4 Å². The zero-order valence-corrected chi connectivity index (χ0v) is 21.1. The Morgan fingerprint density at radius 1 is 0.763 bits per heavy atom. The number of thiophene rings is 1. The molecule has 5 aromatic rings. The third kappa shape index (κ3) is 4.18. The van der Waals surface area contributed by atoms with Crippen LogP contribution in [-0.2, 0) is 0 Å². The number of aromatic nitrogens is 4. The van der Waals surface area contributed by atoms with Gasteiger partial charge in [-0.25, -0.2) is 19.0 Å². The summed E-state index contributed by atoms with van der Waals surface area (Å²) in [5.41, 5.74) is 1.67. The van der Waals surface area contributed by atoms with Crippen LogP contribution >= 0.6 is 11.3 Å². The monoisotopic (exact) mass is 530 g/mol. The van der Waals surface area contributed by atoms with Crippen molar-refractivity contribution in [2.45, 2.75) is 19.8 Å². The SMILES string of the molecule is Cc1[nH]n(-c2cccc(C(=O)O)c2)c(=O)c1C(c1cccs1)c1c(C)[nH]n(-c2cccc(C(=O)O)c2)c1=O. The predicted molar refractivity (Wildman–Crippen MR) is 141 cm³/mol. The van der Waals surface area contributed by atoms with Gasteiger partial charge in [0.15, 0.2) is 0 Å². The van der Waals surface area contributed by atoms with E-state index in [0.29, 0.717) is 33.9 Å². The van der Waals surface area contributed by atoms with Crippen LogP contribution in [-0.4, -0.2) is 41.7 Å². The van der Waals surface area contributed by atoms with Crippen molar-refractivity contribution in [3.63, 3.8) is 0 Å². The summed E-state index contributed by atoms with van der Waals surface area (Å²) in [5, 5.41) is 26.7. The molecule has 0 spiro atoms. The summed E-state index contributed by atoms with van der Waals surface area (Å²) in [6, 6.07) is 15.7. The molecule has 11 heteroatoms. The number of aromatic carboxylic acids is 2. The van der Waals surface area contributed by atoms with Crippen LogP contribution in [0.1, 0.15) is 54.0 Å².